The molecule has 0 atom stereocenters. The summed E-state index contributed by atoms with van der Waals surface area (Å²) < 4.78 is 5.07. The molecule has 17 heavy (non-hydrogen) atoms. The van der Waals surface area contributed by atoms with Crippen molar-refractivity contribution >= 4 is 29.0 Å². The van der Waals surface area contributed by atoms with Crippen LogP contribution in [0.2, 0.25) is 10.0 Å². The van der Waals surface area contributed by atoms with Gasteiger partial charge >= 0.3 is 0 Å². The molecule has 0 saturated heterocycles. The number of hydrogen-bond acceptors (Lipinski definition) is 4. The number of nitrogens with one attached hydrogen (secondary N) is 1. The van der Waals surface area contributed by atoms with Gasteiger partial charge in [0.05, 0.1) is 15.7 Å². The third-order valence-electron chi connectivity index (χ3n) is 2.42. The average Bonchev–Trinajstić information content (AvgIpc) is 2.58. The molecule has 0 aromatic carbocycles. The Hall–Kier alpha value is -1.26. The maximum atomic E-state index is 6.00. The highest BCUT2D eigenvalue weighted by molar-refractivity contribution is 6.35. The Morgan fingerprint density at radius 2 is 2.12 bits per heavy atom. The van der Waals surface area contributed by atoms with Crippen LogP contribution in [0.15, 0.2) is 16.8 Å². The van der Waals surface area contributed by atoms with Crippen molar-refractivity contribution in [2.24, 2.45) is 0 Å². The van der Waals surface area contributed by atoms with Crippen LogP contribution in [0.5, 0.6) is 0 Å². The molecule has 0 saturated carbocycles. The largest absolute Gasteiger partial charge is 0.365 e. The summed E-state index contributed by atoms with van der Waals surface area (Å²) in [6, 6.07) is 1.64. The van der Waals surface area contributed by atoms with Crippen LogP contribution in [0.4, 0.5) is 5.82 Å². The van der Waals surface area contributed by atoms with E-state index in [2.05, 4.69) is 15.5 Å². The summed E-state index contributed by atoms with van der Waals surface area (Å²) in [5.41, 5.74) is 1.87. The van der Waals surface area contributed by atoms with E-state index in [-0.39, 0.29) is 0 Å². The fraction of sp³-hybridized carbons (Fsp3) is 0.273. The summed E-state index contributed by atoms with van der Waals surface area (Å²) in [4.78, 5) is 4.11. The molecule has 1 N–H and O–H groups in total. The maximum absolute atomic E-state index is 6.00. The van der Waals surface area contributed by atoms with Crippen LogP contribution in [0.1, 0.15) is 17.0 Å². The lowest BCUT2D eigenvalue weighted by molar-refractivity contribution is 0.392. The number of hydrogen-bond donors (Lipinski definition) is 1. The topological polar surface area (TPSA) is 51.0 Å². The minimum absolute atomic E-state index is 0.490. The lowest BCUT2D eigenvalue weighted by atomic mass is 10.2. The molecule has 0 aliphatic heterocycles. The van der Waals surface area contributed by atoms with Gasteiger partial charge in [0.25, 0.3) is 0 Å². The number of aryl methyl sites for hydroxylation is 2. The summed E-state index contributed by atoms with van der Waals surface area (Å²) in [5.74, 6) is 1.39. The zero-order valence-electron chi connectivity index (χ0n) is 9.42. The van der Waals surface area contributed by atoms with Crippen LogP contribution in [0.3, 0.4) is 0 Å². The summed E-state index contributed by atoms with van der Waals surface area (Å²) in [6.07, 6.45) is 1.54. The van der Waals surface area contributed by atoms with E-state index in [1.54, 1.807) is 12.3 Å². The fourth-order valence-corrected chi connectivity index (χ4v) is 1.92. The first kappa shape index (κ1) is 12.2. The first-order chi connectivity index (χ1) is 8.08. The summed E-state index contributed by atoms with van der Waals surface area (Å²) >= 11 is 11.8. The van der Waals surface area contributed by atoms with Gasteiger partial charge in [-0.1, -0.05) is 28.4 Å². The fourth-order valence-electron chi connectivity index (χ4n) is 1.47. The smallest absolute Gasteiger partial charge is 0.145 e. The first-order valence-electron chi connectivity index (χ1n) is 5.04. The summed E-state index contributed by atoms with van der Waals surface area (Å²) in [7, 11) is 0. The number of halogens is 2. The van der Waals surface area contributed by atoms with Crippen molar-refractivity contribution < 1.29 is 4.52 Å². The maximum Gasteiger partial charge on any atom is 0.145 e. The Balaban J connectivity index is 2.13. The molecule has 2 rings (SSSR count). The predicted octanol–water partition coefficient (Wildman–Crippen LogP) is 3.61. The second kappa shape index (κ2) is 4.94. The molecule has 0 amide bonds. The second-order valence-electron chi connectivity index (χ2n) is 3.64. The summed E-state index contributed by atoms with van der Waals surface area (Å²) in [5, 5.41) is 8.00. The Morgan fingerprint density at radius 1 is 1.35 bits per heavy atom. The van der Waals surface area contributed by atoms with E-state index in [4.69, 9.17) is 27.7 Å². The van der Waals surface area contributed by atoms with Crippen LogP contribution in [0.25, 0.3) is 0 Å². The quantitative estimate of drug-likeness (QED) is 0.927. The lowest BCUT2D eigenvalue weighted by Crippen LogP contribution is -2.03. The first-order valence-corrected chi connectivity index (χ1v) is 5.80. The van der Waals surface area contributed by atoms with E-state index in [0.29, 0.717) is 22.4 Å². The van der Waals surface area contributed by atoms with E-state index in [0.717, 1.165) is 17.0 Å². The number of rotatable bonds is 3. The highest BCUT2D eigenvalue weighted by Gasteiger charge is 2.09. The van der Waals surface area contributed by atoms with Gasteiger partial charge in [-0.3, -0.25) is 0 Å². The van der Waals surface area contributed by atoms with Gasteiger partial charge in [0.2, 0.25) is 0 Å². The van der Waals surface area contributed by atoms with Crippen molar-refractivity contribution in [3.63, 3.8) is 0 Å². The molecule has 2 aromatic rings. The second-order valence-corrected chi connectivity index (χ2v) is 4.48. The van der Waals surface area contributed by atoms with Gasteiger partial charge in [-0.25, -0.2) is 4.98 Å². The normalized spacial score (nSPS) is 10.6. The van der Waals surface area contributed by atoms with Gasteiger partial charge in [0.1, 0.15) is 11.6 Å². The zero-order valence-corrected chi connectivity index (χ0v) is 10.9. The molecule has 4 nitrogen and oxygen atoms in total. The monoisotopic (exact) mass is 271 g/mol. The molecule has 0 radical (unpaired) electrons. The average molecular weight is 272 g/mol. The molecule has 0 aliphatic carbocycles. The number of anilines is 1. The number of pyridine rings is 1. The number of nitrogens with zero attached hydrogens (tertiary/aromatic N) is 2. The Kier molecular flexibility index (Phi) is 3.54. The lowest BCUT2D eigenvalue weighted by Gasteiger charge is -2.06. The Morgan fingerprint density at radius 3 is 2.71 bits per heavy atom. The molecular formula is C11H11Cl2N3O. The molecule has 0 spiro atoms. The highest BCUT2D eigenvalue weighted by atomic mass is 35.5. The third kappa shape index (κ3) is 2.70. The molecule has 0 unspecified atom stereocenters. The van der Waals surface area contributed by atoms with Gasteiger partial charge in [-0.05, 0) is 19.9 Å². The van der Waals surface area contributed by atoms with E-state index in [1.807, 2.05) is 13.8 Å². The van der Waals surface area contributed by atoms with Crippen LogP contribution >= 0.6 is 23.2 Å². The van der Waals surface area contributed by atoms with Gasteiger partial charge in [0.15, 0.2) is 0 Å². The molecule has 0 aliphatic rings. The van der Waals surface area contributed by atoms with Gasteiger partial charge in [-0.15, -0.1) is 0 Å². The van der Waals surface area contributed by atoms with E-state index < -0.39 is 0 Å². The van der Waals surface area contributed by atoms with Crippen LogP contribution in [-0.2, 0) is 6.54 Å². The van der Waals surface area contributed by atoms with E-state index >= 15 is 0 Å². The van der Waals surface area contributed by atoms with Gasteiger partial charge in [0, 0.05) is 18.3 Å². The third-order valence-corrected chi connectivity index (χ3v) is 2.92. The van der Waals surface area contributed by atoms with Crippen LogP contribution in [0, 0.1) is 13.8 Å². The Labute approximate surface area is 109 Å². The van der Waals surface area contributed by atoms with Crippen molar-refractivity contribution in [2.75, 3.05) is 5.32 Å². The predicted molar refractivity (Wildman–Crippen MR) is 67.6 cm³/mol. The highest BCUT2D eigenvalue weighted by Crippen LogP contribution is 2.23. The Bertz CT molecular complexity index is 520. The van der Waals surface area contributed by atoms with Crippen LogP contribution < -0.4 is 5.32 Å². The minimum Gasteiger partial charge on any atom is -0.365 e. The number of aromatic nitrogens is 2. The van der Waals surface area contributed by atoms with Crippen molar-refractivity contribution in [1.29, 1.82) is 0 Å². The summed E-state index contributed by atoms with van der Waals surface area (Å²) in [6.45, 7) is 4.33. The molecule has 90 valence electrons. The van der Waals surface area contributed by atoms with Gasteiger partial charge in [-0.2, -0.15) is 0 Å². The standard InChI is InChI=1S/C11H11Cl2N3O/c1-6-9(7(2)17-16-6)5-15-11-10(13)3-8(12)4-14-11/h3-4H,5H2,1-2H3,(H,14,15). The van der Waals surface area contributed by atoms with Crippen molar-refractivity contribution in [3.05, 3.63) is 39.3 Å². The van der Waals surface area contributed by atoms with Crippen molar-refractivity contribution in [3.8, 4) is 0 Å². The SMILES string of the molecule is Cc1noc(C)c1CNc1ncc(Cl)cc1Cl. The molecular weight excluding hydrogens is 261 g/mol. The molecule has 0 fully saturated rings. The van der Waals surface area contributed by atoms with E-state index in [1.165, 1.54) is 0 Å². The zero-order chi connectivity index (χ0) is 12.4. The molecule has 2 aromatic heterocycles. The molecule has 6 heteroatoms. The van der Waals surface area contributed by atoms with Crippen LogP contribution in [-0.4, -0.2) is 10.1 Å². The van der Waals surface area contributed by atoms with E-state index in [9.17, 15) is 0 Å². The molecule has 0 bridgehead atoms. The minimum atomic E-state index is 0.490. The van der Waals surface area contributed by atoms with Crippen molar-refractivity contribution in [2.45, 2.75) is 20.4 Å². The molecule has 2 heterocycles. The van der Waals surface area contributed by atoms with Crippen molar-refractivity contribution in [1.82, 2.24) is 10.1 Å². The van der Waals surface area contributed by atoms with Gasteiger partial charge < -0.3 is 9.84 Å².